The maximum atomic E-state index is 9.13. The van der Waals surface area contributed by atoms with Crippen LogP contribution < -0.4 is 0 Å². The van der Waals surface area contributed by atoms with Gasteiger partial charge in [0.15, 0.2) is 0 Å². The number of aliphatic imine (C=N–C) groups is 1. The van der Waals surface area contributed by atoms with E-state index in [1.807, 2.05) is 12.1 Å². The molecule has 86 valence electrons. The zero-order valence-electron chi connectivity index (χ0n) is 8.77. The second-order valence-corrected chi connectivity index (χ2v) is 4.20. The second kappa shape index (κ2) is 5.21. The number of hydrogen-bond acceptors (Lipinski definition) is 2. The summed E-state index contributed by atoms with van der Waals surface area (Å²) in [5.74, 6) is 0.213. The lowest BCUT2D eigenvalue weighted by Crippen LogP contribution is -1.82. The van der Waals surface area contributed by atoms with E-state index in [0.717, 1.165) is 11.3 Å². The molecule has 2 nitrogen and oxygen atoms in total. The average Bonchev–Trinajstić information content (AvgIpc) is 2.33. The van der Waals surface area contributed by atoms with E-state index in [2.05, 4.69) is 4.99 Å². The minimum Gasteiger partial charge on any atom is -0.508 e. The molecule has 1 N–H and O–H groups in total. The van der Waals surface area contributed by atoms with E-state index in [9.17, 15) is 0 Å². The van der Waals surface area contributed by atoms with Crippen LogP contribution in [0.5, 0.6) is 5.75 Å². The molecule has 0 aliphatic rings. The fraction of sp³-hybridized carbons (Fsp3) is 0. The van der Waals surface area contributed by atoms with Gasteiger partial charge in [-0.05, 0) is 30.3 Å². The van der Waals surface area contributed by atoms with Crippen LogP contribution in [0.3, 0.4) is 0 Å². The molecule has 0 heterocycles. The Morgan fingerprint density at radius 1 is 1.00 bits per heavy atom. The lowest BCUT2D eigenvalue weighted by Gasteiger charge is -1.99. The highest BCUT2D eigenvalue weighted by molar-refractivity contribution is 6.43. The summed E-state index contributed by atoms with van der Waals surface area (Å²) in [7, 11) is 0. The lowest BCUT2D eigenvalue weighted by atomic mass is 10.2. The van der Waals surface area contributed by atoms with Crippen molar-refractivity contribution in [3.05, 3.63) is 58.1 Å². The van der Waals surface area contributed by atoms with E-state index in [1.165, 1.54) is 0 Å². The monoisotopic (exact) mass is 265 g/mol. The zero-order chi connectivity index (χ0) is 12.3. The molecule has 2 rings (SSSR count). The third-order valence-corrected chi connectivity index (χ3v) is 3.02. The average molecular weight is 266 g/mol. The number of benzene rings is 2. The van der Waals surface area contributed by atoms with Gasteiger partial charge in [0, 0.05) is 11.8 Å². The number of aromatic hydroxyl groups is 1. The normalized spacial score (nSPS) is 10.9. The van der Waals surface area contributed by atoms with Gasteiger partial charge < -0.3 is 5.11 Å². The lowest BCUT2D eigenvalue weighted by molar-refractivity contribution is 0.475. The molecule has 4 heteroatoms. The van der Waals surface area contributed by atoms with E-state index < -0.39 is 0 Å². The summed E-state index contributed by atoms with van der Waals surface area (Å²) >= 11 is 11.9. The number of rotatable bonds is 2. The van der Waals surface area contributed by atoms with Gasteiger partial charge in [0.2, 0.25) is 0 Å². The molecule has 0 aliphatic heterocycles. The highest BCUT2D eigenvalue weighted by Crippen LogP contribution is 2.25. The van der Waals surface area contributed by atoms with Crippen molar-refractivity contribution < 1.29 is 5.11 Å². The minimum atomic E-state index is 0.213. The predicted molar refractivity (Wildman–Crippen MR) is 71.8 cm³/mol. The van der Waals surface area contributed by atoms with Gasteiger partial charge in [-0.3, -0.25) is 4.99 Å². The van der Waals surface area contributed by atoms with Crippen LogP contribution in [-0.2, 0) is 0 Å². The van der Waals surface area contributed by atoms with Gasteiger partial charge >= 0.3 is 0 Å². The topological polar surface area (TPSA) is 32.6 Å². The summed E-state index contributed by atoms with van der Waals surface area (Å²) in [4.78, 5) is 4.24. The molecule has 0 atom stereocenters. The Balaban J connectivity index is 2.26. The quantitative estimate of drug-likeness (QED) is 0.800. The first-order chi connectivity index (χ1) is 8.16. The van der Waals surface area contributed by atoms with E-state index in [4.69, 9.17) is 28.3 Å². The molecule has 0 radical (unpaired) electrons. The van der Waals surface area contributed by atoms with Crippen molar-refractivity contribution in [3.63, 3.8) is 0 Å². The molecule has 17 heavy (non-hydrogen) atoms. The highest BCUT2D eigenvalue weighted by Gasteiger charge is 2.01. The molecule has 0 aliphatic carbocycles. The summed E-state index contributed by atoms with van der Waals surface area (Å²) in [6.07, 6.45) is 1.64. The third kappa shape index (κ3) is 2.99. The third-order valence-electron chi connectivity index (χ3n) is 2.18. The van der Waals surface area contributed by atoms with E-state index in [0.29, 0.717) is 10.0 Å². The van der Waals surface area contributed by atoms with Crippen molar-refractivity contribution >= 4 is 35.1 Å². The second-order valence-electron chi connectivity index (χ2n) is 3.42. The van der Waals surface area contributed by atoms with Crippen LogP contribution in [0.25, 0.3) is 0 Å². The Kier molecular flexibility index (Phi) is 3.67. The molecular formula is C13H9Cl2NO. The molecule has 0 saturated carbocycles. The Bertz CT molecular complexity index is 550. The smallest absolute Gasteiger partial charge is 0.115 e. The van der Waals surface area contributed by atoms with Crippen LogP contribution in [0.2, 0.25) is 10.0 Å². The Labute approximate surface area is 109 Å². The van der Waals surface area contributed by atoms with E-state index in [-0.39, 0.29) is 5.75 Å². The number of nitrogens with zero attached hydrogens (tertiary/aromatic N) is 1. The highest BCUT2D eigenvalue weighted by atomic mass is 35.5. The van der Waals surface area contributed by atoms with Gasteiger partial charge in [-0.1, -0.05) is 35.3 Å². The van der Waals surface area contributed by atoms with Gasteiger partial charge in [0.05, 0.1) is 15.7 Å². The Morgan fingerprint density at radius 3 is 2.41 bits per heavy atom. The molecule has 0 bridgehead atoms. The van der Waals surface area contributed by atoms with Gasteiger partial charge in [-0.2, -0.15) is 0 Å². The van der Waals surface area contributed by atoms with Gasteiger partial charge in [0.1, 0.15) is 5.75 Å². The van der Waals surface area contributed by atoms with Crippen molar-refractivity contribution in [3.8, 4) is 5.75 Å². The number of halogens is 2. The van der Waals surface area contributed by atoms with Crippen molar-refractivity contribution in [1.29, 1.82) is 0 Å². The number of hydrogen-bond donors (Lipinski definition) is 1. The maximum absolute atomic E-state index is 9.13. The molecule has 0 aromatic heterocycles. The molecular weight excluding hydrogens is 257 g/mol. The number of phenols is 1. The van der Waals surface area contributed by atoms with Crippen LogP contribution in [0.1, 0.15) is 5.56 Å². The summed E-state index contributed by atoms with van der Waals surface area (Å²) in [5, 5.41) is 10.1. The molecule has 0 spiro atoms. The fourth-order valence-electron chi connectivity index (χ4n) is 1.30. The Hall–Kier alpha value is -1.51. The molecule has 0 fully saturated rings. The SMILES string of the molecule is Oc1ccc(N=Cc2cccc(Cl)c2Cl)cc1. The first-order valence-corrected chi connectivity index (χ1v) is 5.69. The molecule has 0 saturated heterocycles. The number of phenolic OH excluding ortho intramolecular Hbond substituents is 1. The van der Waals surface area contributed by atoms with Gasteiger partial charge in [-0.15, -0.1) is 0 Å². The molecule has 2 aromatic carbocycles. The van der Waals surface area contributed by atoms with Gasteiger partial charge in [0.25, 0.3) is 0 Å². The fourth-order valence-corrected chi connectivity index (χ4v) is 1.66. The van der Waals surface area contributed by atoms with Gasteiger partial charge in [-0.25, -0.2) is 0 Å². The van der Waals surface area contributed by atoms with Crippen LogP contribution in [0.15, 0.2) is 47.5 Å². The van der Waals surface area contributed by atoms with Crippen LogP contribution >= 0.6 is 23.2 Å². The summed E-state index contributed by atoms with van der Waals surface area (Å²) in [6, 6.07) is 11.9. The first kappa shape index (κ1) is 12.0. The molecule has 0 unspecified atom stereocenters. The van der Waals surface area contributed by atoms with Crippen LogP contribution in [-0.4, -0.2) is 11.3 Å². The van der Waals surface area contributed by atoms with Crippen LogP contribution in [0.4, 0.5) is 5.69 Å². The van der Waals surface area contributed by atoms with Crippen LogP contribution in [0, 0.1) is 0 Å². The largest absolute Gasteiger partial charge is 0.508 e. The van der Waals surface area contributed by atoms with E-state index >= 15 is 0 Å². The van der Waals surface area contributed by atoms with E-state index in [1.54, 1.807) is 36.5 Å². The predicted octanol–water partition coefficient (Wildman–Crippen LogP) is 4.45. The van der Waals surface area contributed by atoms with Crippen molar-refractivity contribution in [1.82, 2.24) is 0 Å². The zero-order valence-corrected chi connectivity index (χ0v) is 10.3. The maximum Gasteiger partial charge on any atom is 0.115 e. The summed E-state index contributed by atoms with van der Waals surface area (Å²) in [6.45, 7) is 0. The standard InChI is InChI=1S/C13H9Cl2NO/c14-12-3-1-2-9(13(12)15)8-16-10-4-6-11(17)7-5-10/h1-8,17H. The van der Waals surface area contributed by atoms with Crippen molar-refractivity contribution in [2.75, 3.05) is 0 Å². The Morgan fingerprint density at radius 2 is 1.71 bits per heavy atom. The molecule has 2 aromatic rings. The minimum absolute atomic E-state index is 0.213. The van der Waals surface area contributed by atoms with Crippen molar-refractivity contribution in [2.45, 2.75) is 0 Å². The first-order valence-electron chi connectivity index (χ1n) is 4.94. The van der Waals surface area contributed by atoms with Crippen molar-refractivity contribution in [2.24, 2.45) is 4.99 Å². The summed E-state index contributed by atoms with van der Waals surface area (Å²) in [5.41, 5.74) is 1.49. The summed E-state index contributed by atoms with van der Waals surface area (Å²) < 4.78 is 0. The molecule has 0 amide bonds.